The number of nitrogens with one attached hydrogen (secondary N) is 1. The van der Waals surface area contributed by atoms with Gasteiger partial charge in [-0.05, 0) is 51.1 Å². The number of hydrogen-bond donors (Lipinski definition) is 1. The molecule has 2 aromatic heterocycles. The van der Waals surface area contributed by atoms with E-state index in [1.165, 1.54) is 17.7 Å². The Balaban J connectivity index is 1.27. The molecule has 32 heavy (non-hydrogen) atoms. The molecule has 0 radical (unpaired) electrons. The van der Waals surface area contributed by atoms with Gasteiger partial charge in [-0.3, -0.25) is 14.7 Å². The van der Waals surface area contributed by atoms with Crippen LogP contribution in [0, 0.1) is 6.92 Å². The van der Waals surface area contributed by atoms with Crippen LogP contribution in [-0.4, -0.2) is 44.6 Å². The Morgan fingerprint density at radius 2 is 2.09 bits per heavy atom. The summed E-state index contributed by atoms with van der Waals surface area (Å²) < 4.78 is 45.9. The van der Waals surface area contributed by atoms with E-state index in [4.69, 9.17) is 4.74 Å². The Labute approximate surface area is 185 Å². The van der Waals surface area contributed by atoms with E-state index in [1.54, 1.807) is 0 Å². The molecule has 172 valence electrons. The number of aromatic amines is 1. The Hall–Kier alpha value is -2.81. The smallest absolute Gasteiger partial charge is 0.416 e. The molecule has 0 spiro atoms. The summed E-state index contributed by atoms with van der Waals surface area (Å²) in [4.78, 5) is 2.43. The van der Waals surface area contributed by atoms with E-state index in [2.05, 4.69) is 40.2 Å². The molecule has 1 aliphatic rings. The Morgan fingerprint density at radius 3 is 2.84 bits per heavy atom. The molecular formula is C23H28F3N5O. The third kappa shape index (κ3) is 5.32. The number of ether oxygens (including phenoxy) is 1. The number of aryl methyl sites for hydroxylation is 2. The summed E-state index contributed by atoms with van der Waals surface area (Å²) in [6, 6.07) is 7.00. The molecule has 3 heterocycles. The number of likely N-dealkylation sites (tertiary alicyclic amines) is 1. The van der Waals surface area contributed by atoms with Gasteiger partial charge >= 0.3 is 6.18 Å². The zero-order chi connectivity index (χ0) is 22.7. The summed E-state index contributed by atoms with van der Waals surface area (Å²) in [5, 5.41) is 12.0. The van der Waals surface area contributed by atoms with Gasteiger partial charge in [0.05, 0.1) is 23.6 Å². The van der Waals surface area contributed by atoms with E-state index < -0.39 is 11.7 Å². The number of hydrogen-bond acceptors (Lipinski definition) is 4. The van der Waals surface area contributed by atoms with Gasteiger partial charge in [0.25, 0.3) is 0 Å². The minimum atomic E-state index is -4.37. The monoisotopic (exact) mass is 447 g/mol. The quantitative estimate of drug-likeness (QED) is 0.550. The number of H-pyrrole nitrogens is 1. The fourth-order valence-corrected chi connectivity index (χ4v) is 4.09. The van der Waals surface area contributed by atoms with Crippen molar-refractivity contribution in [1.29, 1.82) is 0 Å². The van der Waals surface area contributed by atoms with E-state index in [1.807, 2.05) is 10.7 Å². The molecule has 0 aliphatic carbocycles. The third-order valence-electron chi connectivity index (χ3n) is 5.91. The van der Waals surface area contributed by atoms with Gasteiger partial charge < -0.3 is 4.74 Å². The second-order valence-electron chi connectivity index (χ2n) is 8.26. The highest BCUT2D eigenvalue weighted by atomic mass is 19.4. The number of alkyl halides is 3. The summed E-state index contributed by atoms with van der Waals surface area (Å²) >= 11 is 0. The maximum atomic E-state index is 12.8. The van der Waals surface area contributed by atoms with Crippen LogP contribution < -0.4 is 4.74 Å². The molecule has 0 unspecified atom stereocenters. The van der Waals surface area contributed by atoms with Crippen molar-refractivity contribution >= 4 is 0 Å². The Kier molecular flexibility index (Phi) is 6.55. The van der Waals surface area contributed by atoms with E-state index in [9.17, 15) is 13.2 Å². The van der Waals surface area contributed by atoms with E-state index in [-0.39, 0.29) is 12.4 Å². The van der Waals surface area contributed by atoms with Crippen LogP contribution in [0.15, 0.2) is 36.5 Å². The molecule has 0 bridgehead atoms. The molecule has 3 aromatic rings. The fourth-order valence-electron chi connectivity index (χ4n) is 4.09. The van der Waals surface area contributed by atoms with Gasteiger partial charge in [-0.2, -0.15) is 23.4 Å². The second-order valence-corrected chi connectivity index (χ2v) is 8.26. The first-order valence-corrected chi connectivity index (χ1v) is 10.9. The van der Waals surface area contributed by atoms with Gasteiger partial charge in [0.1, 0.15) is 5.75 Å². The van der Waals surface area contributed by atoms with Crippen molar-refractivity contribution in [1.82, 2.24) is 24.9 Å². The fraction of sp³-hybridized carbons (Fsp3) is 0.478. The van der Waals surface area contributed by atoms with Crippen LogP contribution in [0.5, 0.6) is 5.75 Å². The topological polar surface area (TPSA) is 59.0 Å². The molecule has 1 atom stereocenters. The molecule has 6 nitrogen and oxygen atoms in total. The average Bonchev–Trinajstić information content (AvgIpc) is 3.49. The maximum absolute atomic E-state index is 12.8. The van der Waals surface area contributed by atoms with Crippen molar-refractivity contribution in [3.05, 3.63) is 64.7 Å². The number of aromatic nitrogens is 4. The van der Waals surface area contributed by atoms with Crippen LogP contribution in [0.25, 0.3) is 0 Å². The highest BCUT2D eigenvalue weighted by Crippen LogP contribution is 2.31. The highest BCUT2D eigenvalue weighted by Gasteiger charge is 2.30. The lowest BCUT2D eigenvalue weighted by molar-refractivity contribution is -0.137. The molecule has 1 aliphatic heterocycles. The molecule has 1 aromatic carbocycles. The maximum Gasteiger partial charge on any atom is 0.416 e. The second kappa shape index (κ2) is 9.36. The average molecular weight is 448 g/mol. The number of nitrogens with zero attached hydrogens (tertiary/aromatic N) is 4. The molecule has 0 amide bonds. The van der Waals surface area contributed by atoms with Crippen molar-refractivity contribution in [2.24, 2.45) is 0 Å². The predicted octanol–water partition coefficient (Wildman–Crippen LogP) is 4.56. The zero-order valence-electron chi connectivity index (χ0n) is 18.3. The van der Waals surface area contributed by atoms with Crippen molar-refractivity contribution in [2.45, 2.75) is 51.9 Å². The van der Waals surface area contributed by atoms with Crippen LogP contribution in [0.4, 0.5) is 13.2 Å². The van der Waals surface area contributed by atoms with Crippen molar-refractivity contribution < 1.29 is 17.9 Å². The van der Waals surface area contributed by atoms with Gasteiger partial charge in [-0.1, -0.05) is 6.07 Å². The van der Waals surface area contributed by atoms with Gasteiger partial charge in [0.2, 0.25) is 0 Å². The summed E-state index contributed by atoms with van der Waals surface area (Å²) in [5.41, 5.74) is 3.59. The Morgan fingerprint density at radius 1 is 1.25 bits per heavy atom. The molecule has 1 N–H and O–H groups in total. The molecule has 0 saturated carbocycles. The van der Waals surface area contributed by atoms with Crippen LogP contribution in [0.3, 0.4) is 0 Å². The van der Waals surface area contributed by atoms with Crippen LogP contribution in [0.2, 0.25) is 0 Å². The van der Waals surface area contributed by atoms with Gasteiger partial charge in [0.15, 0.2) is 0 Å². The number of halogens is 3. The molecule has 1 fully saturated rings. The summed E-state index contributed by atoms with van der Waals surface area (Å²) in [7, 11) is 0. The lowest BCUT2D eigenvalue weighted by Gasteiger charge is -2.14. The summed E-state index contributed by atoms with van der Waals surface area (Å²) in [6.45, 7) is 8.14. The van der Waals surface area contributed by atoms with Gasteiger partial charge in [0, 0.05) is 49.4 Å². The SMILES string of the molecule is CCn1cc(CN2CC[C@H](c3cc(CCOc4cccc(C(F)(F)F)c4)[nH]n3)C2)c(C)n1. The van der Waals surface area contributed by atoms with Gasteiger partial charge in [-0.25, -0.2) is 0 Å². The summed E-state index contributed by atoms with van der Waals surface area (Å²) in [5.74, 6) is 0.582. The molecule has 4 rings (SSSR count). The van der Waals surface area contributed by atoms with E-state index in [0.717, 1.165) is 61.8 Å². The first-order valence-electron chi connectivity index (χ1n) is 10.9. The largest absolute Gasteiger partial charge is 0.493 e. The lowest BCUT2D eigenvalue weighted by Crippen LogP contribution is -2.20. The van der Waals surface area contributed by atoms with Crippen LogP contribution in [0.1, 0.15) is 47.5 Å². The zero-order valence-corrected chi connectivity index (χ0v) is 18.3. The third-order valence-corrected chi connectivity index (χ3v) is 5.91. The minimum absolute atomic E-state index is 0.215. The first kappa shape index (κ1) is 22.4. The minimum Gasteiger partial charge on any atom is -0.493 e. The van der Waals surface area contributed by atoms with E-state index in [0.29, 0.717) is 12.3 Å². The van der Waals surface area contributed by atoms with Crippen molar-refractivity contribution in [3.63, 3.8) is 0 Å². The predicted molar refractivity (Wildman–Crippen MR) is 115 cm³/mol. The lowest BCUT2D eigenvalue weighted by atomic mass is 10.0. The van der Waals surface area contributed by atoms with E-state index >= 15 is 0 Å². The number of benzene rings is 1. The standard InChI is InChI=1S/C23H28F3N5O/c1-3-31-15-18(16(2)29-31)14-30-9-7-17(13-30)22-12-20(27-28-22)8-10-32-21-6-4-5-19(11-21)23(24,25)26/h4-6,11-12,15,17H,3,7-10,13-14H2,1-2H3,(H,27,28)/t17-/m0/s1. The molecule has 9 heteroatoms. The van der Waals surface area contributed by atoms with Crippen LogP contribution >= 0.6 is 0 Å². The Bertz CT molecular complexity index is 1040. The molecule has 1 saturated heterocycles. The van der Waals surface area contributed by atoms with Crippen molar-refractivity contribution in [3.8, 4) is 5.75 Å². The highest BCUT2D eigenvalue weighted by molar-refractivity contribution is 5.30. The summed E-state index contributed by atoms with van der Waals surface area (Å²) in [6.07, 6.45) is -0.650. The normalized spacial score (nSPS) is 17.2. The van der Waals surface area contributed by atoms with Crippen LogP contribution in [-0.2, 0) is 25.7 Å². The first-order chi connectivity index (χ1) is 15.3. The van der Waals surface area contributed by atoms with Crippen molar-refractivity contribution in [2.75, 3.05) is 19.7 Å². The molecular weight excluding hydrogens is 419 g/mol. The van der Waals surface area contributed by atoms with Gasteiger partial charge in [-0.15, -0.1) is 0 Å². The number of rotatable bonds is 8.